The highest BCUT2D eigenvalue weighted by molar-refractivity contribution is 5.80. The number of aliphatic hydroxyl groups is 1. The lowest BCUT2D eigenvalue weighted by molar-refractivity contribution is -0.122. The summed E-state index contributed by atoms with van der Waals surface area (Å²) in [4.78, 5) is 12.2. The highest BCUT2D eigenvalue weighted by Crippen LogP contribution is 2.67. The van der Waals surface area contributed by atoms with Crippen molar-refractivity contribution in [2.75, 3.05) is 0 Å². The van der Waals surface area contributed by atoms with Crippen LogP contribution in [0.15, 0.2) is 11.6 Å². The molecule has 0 aliphatic heterocycles. The number of hydrogen-bond donors (Lipinski definition) is 1. The van der Waals surface area contributed by atoms with Crippen molar-refractivity contribution in [3.63, 3.8) is 0 Å². The number of allylic oxidation sites excluding steroid dienone is 1. The van der Waals surface area contributed by atoms with Crippen molar-refractivity contribution in [2.45, 2.75) is 105 Å². The van der Waals surface area contributed by atoms with Gasteiger partial charge in [-0.25, -0.2) is 0 Å². The van der Waals surface area contributed by atoms with Crippen LogP contribution in [0.4, 0.5) is 0 Å². The molecule has 0 heterocycles. The Labute approximate surface area is 178 Å². The molecule has 2 heteroatoms. The summed E-state index contributed by atoms with van der Waals surface area (Å²) < 4.78 is 0. The molecule has 0 aromatic rings. The maximum Gasteiger partial charge on any atom is 0.135 e. The summed E-state index contributed by atoms with van der Waals surface area (Å²) in [5.41, 5.74) is 2.39. The van der Waals surface area contributed by atoms with Gasteiger partial charge in [0.15, 0.2) is 0 Å². The first-order valence-corrected chi connectivity index (χ1v) is 12.6. The van der Waals surface area contributed by atoms with Crippen molar-refractivity contribution in [2.24, 2.45) is 46.3 Å². The van der Waals surface area contributed by atoms with E-state index in [9.17, 15) is 9.90 Å². The van der Waals surface area contributed by atoms with Crippen LogP contribution in [0.1, 0.15) is 98.8 Å². The molecular formula is C27H44O2. The second-order valence-corrected chi connectivity index (χ2v) is 12.0. The van der Waals surface area contributed by atoms with Crippen LogP contribution in [-0.4, -0.2) is 17.0 Å². The Morgan fingerprint density at radius 1 is 1.10 bits per heavy atom. The zero-order chi connectivity index (χ0) is 21.0. The number of Topliss-reactive ketones (excluding diaryl/α,β-unsaturated/α-hetero) is 1. The Morgan fingerprint density at radius 2 is 1.86 bits per heavy atom. The average molecular weight is 401 g/mol. The first-order valence-electron chi connectivity index (χ1n) is 12.6. The topological polar surface area (TPSA) is 37.3 Å². The molecule has 1 N–H and O–H groups in total. The third-order valence-corrected chi connectivity index (χ3v) is 10.3. The lowest BCUT2D eigenvalue weighted by Crippen LogP contribution is -2.50. The average Bonchev–Trinajstić information content (AvgIpc) is 3.03. The number of rotatable bonds is 5. The van der Waals surface area contributed by atoms with Crippen molar-refractivity contribution in [1.82, 2.24) is 0 Å². The van der Waals surface area contributed by atoms with Crippen LogP contribution in [0.2, 0.25) is 0 Å². The van der Waals surface area contributed by atoms with Gasteiger partial charge in [0.25, 0.3) is 0 Å². The maximum atomic E-state index is 12.2. The van der Waals surface area contributed by atoms with Gasteiger partial charge in [-0.15, -0.1) is 0 Å². The Kier molecular flexibility index (Phi) is 5.82. The largest absolute Gasteiger partial charge is 0.393 e. The molecule has 4 rings (SSSR count). The van der Waals surface area contributed by atoms with Crippen LogP contribution in [0.3, 0.4) is 0 Å². The van der Waals surface area contributed by atoms with E-state index in [-0.39, 0.29) is 12.0 Å². The summed E-state index contributed by atoms with van der Waals surface area (Å²) >= 11 is 0. The Morgan fingerprint density at radius 3 is 2.59 bits per heavy atom. The molecule has 0 aromatic carbocycles. The fourth-order valence-electron chi connectivity index (χ4n) is 8.48. The number of hydrogen-bond acceptors (Lipinski definition) is 2. The van der Waals surface area contributed by atoms with E-state index in [2.05, 4.69) is 26.8 Å². The molecule has 164 valence electrons. The predicted octanol–water partition coefficient (Wildman–Crippen LogP) is 6.57. The summed E-state index contributed by atoms with van der Waals surface area (Å²) in [7, 11) is 0. The van der Waals surface area contributed by atoms with E-state index < -0.39 is 0 Å². The fraction of sp³-hybridized carbons (Fsp3) is 0.889. The molecule has 3 saturated carbocycles. The number of fused-ring (bicyclic) bond motifs is 5. The Bertz CT molecular complexity index is 663. The second-order valence-electron chi connectivity index (χ2n) is 12.0. The molecular weight excluding hydrogens is 356 g/mol. The summed E-state index contributed by atoms with van der Waals surface area (Å²) in [6, 6.07) is 0. The first-order chi connectivity index (χ1) is 13.7. The van der Waals surface area contributed by atoms with E-state index in [1.807, 2.05) is 13.8 Å². The number of ketones is 1. The van der Waals surface area contributed by atoms with Gasteiger partial charge in [0.2, 0.25) is 0 Å². The lowest BCUT2D eigenvalue weighted by atomic mass is 9.47. The van der Waals surface area contributed by atoms with Crippen LogP contribution < -0.4 is 0 Å². The lowest BCUT2D eigenvalue weighted by Gasteiger charge is -2.58. The van der Waals surface area contributed by atoms with Gasteiger partial charge in [-0.2, -0.15) is 0 Å². The minimum absolute atomic E-state index is 0.106. The van der Waals surface area contributed by atoms with Crippen LogP contribution in [0.5, 0.6) is 0 Å². The molecule has 3 fully saturated rings. The fourth-order valence-corrected chi connectivity index (χ4v) is 8.48. The smallest absolute Gasteiger partial charge is 0.135 e. The van der Waals surface area contributed by atoms with E-state index in [0.29, 0.717) is 22.5 Å². The number of aliphatic hydroxyl groups excluding tert-OH is 1. The van der Waals surface area contributed by atoms with Crippen molar-refractivity contribution in [3.05, 3.63) is 11.6 Å². The van der Waals surface area contributed by atoms with Crippen LogP contribution >= 0.6 is 0 Å². The molecule has 2 nitrogen and oxygen atoms in total. The van der Waals surface area contributed by atoms with E-state index in [0.717, 1.165) is 49.4 Å². The van der Waals surface area contributed by atoms with Crippen molar-refractivity contribution >= 4 is 5.78 Å². The number of carbonyl (C=O) groups excluding carboxylic acids is 1. The third kappa shape index (κ3) is 3.56. The minimum atomic E-state index is -0.106. The van der Waals surface area contributed by atoms with Crippen LogP contribution in [0, 0.1) is 46.3 Å². The monoisotopic (exact) mass is 400 g/mol. The summed E-state index contributed by atoms with van der Waals surface area (Å²) in [5, 5.41) is 10.2. The van der Waals surface area contributed by atoms with Gasteiger partial charge < -0.3 is 5.11 Å². The molecule has 0 aromatic heterocycles. The van der Waals surface area contributed by atoms with Crippen LogP contribution in [0.25, 0.3) is 0 Å². The molecule has 4 aliphatic carbocycles. The Balaban J connectivity index is 1.49. The van der Waals surface area contributed by atoms with Gasteiger partial charge in [0.1, 0.15) is 5.78 Å². The molecule has 0 unspecified atom stereocenters. The minimum Gasteiger partial charge on any atom is -0.393 e. The van der Waals surface area contributed by atoms with Crippen molar-refractivity contribution in [3.8, 4) is 0 Å². The number of carbonyl (C=O) groups is 1. The Hall–Kier alpha value is -0.630. The predicted molar refractivity (Wildman–Crippen MR) is 119 cm³/mol. The van der Waals surface area contributed by atoms with E-state index in [4.69, 9.17) is 0 Å². The van der Waals surface area contributed by atoms with Gasteiger partial charge in [0.05, 0.1) is 6.10 Å². The van der Waals surface area contributed by atoms with E-state index in [1.165, 1.54) is 38.5 Å². The van der Waals surface area contributed by atoms with Crippen LogP contribution in [-0.2, 0) is 4.79 Å². The molecule has 0 amide bonds. The molecule has 0 radical (unpaired) electrons. The summed E-state index contributed by atoms with van der Waals surface area (Å²) in [5.74, 6) is 4.60. The molecule has 4 aliphatic rings. The molecule has 8 atom stereocenters. The van der Waals surface area contributed by atoms with Crippen molar-refractivity contribution in [1.29, 1.82) is 0 Å². The molecule has 0 saturated heterocycles. The van der Waals surface area contributed by atoms with Gasteiger partial charge in [-0.1, -0.05) is 46.3 Å². The van der Waals surface area contributed by atoms with E-state index in [1.54, 1.807) is 5.57 Å². The van der Waals surface area contributed by atoms with Gasteiger partial charge in [-0.05, 0) is 98.2 Å². The van der Waals surface area contributed by atoms with Gasteiger partial charge >= 0.3 is 0 Å². The third-order valence-electron chi connectivity index (χ3n) is 10.3. The molecule has 0 spiro atoms. The summed E-state index contributed by atoms with van der Waals surface area (Å²) in [6.45, 7) is 11.6. The van der Waals surface area contributed by atoms with Gasteiger partial charge in [0, 0.05) is 12.3 Å². The molecule has 29 heavy (non-hydrogen) atoms. The first kappa shape index (κ1) is 21.6. The van der Waals surface area contributed by atoms with Crippen molar-refractivity contribution < 1.29 is 9.90 Å². The van der Waals surface area contributed by atoms with E-state index >= 15 is 0 Å². The maximum absolute atomic E-state index is 12.2. The standard InChI is InChI=1S/C27H44O2/c1-17(2)25(29)11-6-18(3)22-9-10-23-21-8-7-19-16-20(28)12-14-26(19,4)24(21)13-15-27(22,23)5/h7,17-18,20-24,28H,6,8-16H2,1-5H3/t18-,20+,21-,22-,23-,24-,26+,27-/m1/s1. The quantitative estimate of drug-likeness (QED) is 0.530. The second kappa shape index (κ2) is 7.81. The zero-order valence-electron chi connectivity index (χ0n) is 19.5. The normalized spacial score (nSPS) is 45.2. The zero-order valence-corrected chi connectivity index (χ0v) is 19.5. The SMILES string of the molecule is CC(C)C(=O)CC[C@@H](C)[C@H]1CC[C@@H]2[C@H]3CC=C4C[C@@H](O)CC[C@]4(C)[C@@H]3CC[C@@]21C. The molecule has 0 bridgehead atoms. The highest BCUT2D eigenvalue weighted by atomic mass is 16.3. The van der Waals surface area contributed by atoms with Gasteiger partial charge in [-0.3, -0.25) is 4.79 Å². The highest BCUT2D eigenvalue weighted by Gasteiger charge is 2.59. The summed E-state index contributed by atoms with van der Waals surface area (Å²) in [6.07, 6.45) is 14.1.